The van der Waals surface area contributed by atoms with Crippen LogP contribution in [0.4, 0.5) is 5.69 Å². The highest BCUT2D eigenvalue weighted by Crippen LogP contribution is 2.35. The summed E-state index contributed by atoms with van der Waals surface area (Å²) in [6, 6.07) is 5.71. The average Bonchev–Trinajstić information content (AvgIpc) is 2.76. The van der Waals surface area contributed by atoms with E-state index >= 15 is 0 Å². The molecule has 1 aromatic heterocycles. The molecule has 112 valence electrons. The molecule has 0 saturated heterocycles. The normalized spacial score (nSPS) is 17.3. The van der Waals surface area contributed by atoms with Crippen LogP contribution in [-0.4, -0.2) is 17.5 Å². The highest BCUT2D eigenvalue weighted by molar-refractivity contribution is 5.97. The van der Waals surface area contributed by atoms with Crippen molar-refractivity contribution < 1.29 is 9.53 Å². The van der Waals surface area contributed by atoms with Crippen LogP contribution < -0.4 is 10.1 Å². The minimum absolute atomic E-state index is 0.210. The van der Waals surface area contributed by atoms with E-state index in [0.29, 0.717) is 31.0 Å². The van der Waals surface area contributed by atoms with Gasteiger partial charge in [0.05, 0.1) is 24.6 Å². The fraction of sp³-hybridized carbons (Fsp3) is 0.562. The topological polar surface area (TPSA) is 75.0 Å². The number of ether oxygens (including phenoxy) is 1. The first-order valence-electron chi connectivity index (χ1n) is 7.52. The van der Waals surface area contributed by atoms with Gasteiger partial charge in [0.15, 0.2) is 0 Å². The summed E-state index contributed by atoms with van der Waals surface area (Å²) in [5.41, 5.74) is -0.294. The predicted molar refractivity (Wildman–Crippen MR) is 79.8 cm³/mol. The molecule has 5 nitrogen and oxygen atoms in total. The Labute approximate surface area is 125 Å². The number of hydrogen-bond acceptors (Lipinski definition) is 4. The first-order chi connectivity index (χ1) is 10.2. The largest absolute Gasteiger partial charge is 0.478 e. The van der Waals surface area contributed by atoms with Gasteiger partial charge in [0.1, 0.15) is 5.41 Å². The van der Waals surface area contributed by atoms with E-state index in [1.54, 1.807) is 18.3 Å². The van der Waals surface area contributed by atoms with Crippen molar-refractivity contribution in [3.63, 3.8) is 0 Å². The molecule has 5 heteroatoms. The van der Waals surface area contributed by atoms with Gasteiger partial charge in [0, 0.05) is 6.07 Å². The zero-order chi connectivity index (χ0) is 15.1. The van der Waals surface area contributed by atoms with Gasteiger partial charge in [-0.05, 0) is 25.8 Å². The molecule has 1 fully saturated rings. The first-order valence-corrected chi connectivity index (χ1v) is 7.52. The monoisotopic (exact) mass is 287 g/mol. The maximum Gasteiger partial charge on any atom is 0.244 e. The van der Waals surface area contributed by atoms with Gasteiger partial charge >= 0.3 is 0 Å². The van der Waals surface area contributed by atoms with E-state index in [2.05, 4.69) is 16.4 Å². The number of hydrogen-bond donors (Lipinski definition) is 1. The van der Waals surface area contributed by atoms with Crippen molar-refractivity contribution in [3.05, 3.63) is 18.3 Å². The molecule has 0 spiro atoms. The SMILES string of the molecule is CCOc1ccc(NC(=O)C2(C#N)CCCCCC2)cn1. The second-order valence-electron chi connectivity index (χ2n) is 5.38. The van der Waals surface area contributed by atoms with Crippen LogP contribution in [0.5, 0.6) is 5.88 Å². The second kappa shape index (κ2) is 7.07. The molecule has 0 bridgehead atoms. The summed E-state index contributed by atoms with van der Waals surface area (Å²) in [7, 11) is 0. The first kappa shape index (κ1) is 15.3. The molecule has 2 rings (SSSR count). The lowest BCUT2D eigenvalue weighted by Crippen LogP contribution is -2.34. The number of nitrogens with one attached hydrogen (secondary N) is 1. The van der Waals surface area contributed by atoms with E-state index in [-0.39, 0.29) is 5.91 Å². The van der Waals surface area contributed by atoms with Crippen molar-refractivity contribution in [2.45, 2.75) is 45.4 Å². The van der Waals surface area contributed by atoms with Gasteiger partial charge in [0.25, 0.3) is 0 Å². The maximum atomic E-state index is 12.5. The molecule has 1 heterocycles. The quantitative estimate of drug-likeness (QED) is 0.862. The van der Waals surface area contributed by atoms with Crippen molar-refractivity contribution in [1.29, 1.82) is 5.26 Å². The van der Waals surface area contributed by atoms with Crippen molar-refractivity contribution in [3.8, 4) is 11.9 Å². The summed E-state index contributed by atoms with van der Waals surface area (Å²) < 4.78 is 5.26. The van der Waals surface area contributed by atoms with Gasteiger partial charge in [-0.1, -0.05) is 25.7 Å². The lowest BCUT2D eigenvalue weighted by Gasteiger charge is -2.23. The molecule has 0 radical (unpaired) electrons. The van der Waals surface area contributed by atoms with Crippen molar-refractivity contribution in [1.82, 2.24) is 4.98 Å². The summed E-state index contributed by atoms with van der Waals surface area (Å²) in [6.45, 7) is 2.44. The molecule has 1 amide bonds. The van der Waals surface area contributed by atoms with E-state index in [0.717, 1.165) is 25.7 Å². The van der Waals surface area contributed by atoms with Crippen LogP contribution in [0.15, 0.2) is 18.3 Å². The standard InChI is InChI=1S/C16H21N3O2/c1-2-21-14-8-7-13(11-18-14)19-15(20)16(12-17)9-5-3-4-6-10-16/h7-8,11H,2-6,9-10H2,1H3,(H,19,20). The molecule has 0 aliphatic heterocycles. The fourth-order valence-corrected chi connectivity index (χ4v) is 2.66. The van der Waals surface area contributed by atoms with Crippen LogP contribution >= 0.6 is 0 Å². The van der Waals surface area contributed by atoms with Gasteiger partial charge < -0.3 is 10.1 Å². The Morgan fingerprint density at radius 2 is 2.10 bits per heavy atom. The minimum Gasteiger partial charge on any atom is -0.478 e. The molecule has 1 N–H and O–H groups in total. The number of carbonyl (C=O) groups is 1. The van der Waals surface area contributed by atoms with Crippen molar-refractivity contribution >= 4 is 11.6 Å². The Bertz CT molecular complexity index is 511. The van der Waals surface area contributed by atoms with Gasteiger partial charge in [-0.15, -0.1) is 0 Å². The summed E-state index contributed by atoms with van der Waals surface area (Å²) in [5, 5.41) is 12.3. The van der Waals surface area contributed by atoms with Crippen LogP contribution in [0.1, 0.15) is 45.4 Å². The fourth-order valence-electron chi connectivity index (χ4n) is 2.66. The Morgan fingerprint density at radius 1 is 1.38 bits per heavy atom. The molecular formula is C16H21N3O2. The molecule has 0 aromatic carbocycles. The van der Waals surface area contributed by atoms with Gasteiger partial charge in [-0.2, -0.15) is 5.26 Å². The lowest BCUT2D eigenvalue weighted by molar-refractivity contribution is -0.123. The Morgan fingerprint density at radius 3 is 2.62 bits per heavy atom. The third-order valence-corrected chi connectivity index (χ3v) is 3.89. The van der Waals surface area contributed by atoms with Gasteiger partial charge in [-0.25, -0.2) is 4.98 Å². The van der Waals surface area contributed by atoms with E-state index in [1.807, 2.05) is 6.92 Å². The van der Waals surface area contributed by atoms with Crippen LogP contribution in [0, 0.1) is 16.7 Å². The number of amides is 1. The number of rotatable bonds is 4. The predicted octanol–water partition coefficient (Wildman–Crippen LogP) is 3.28. The number of pyridine rings is 1. The van der Waals surface area contributed by atoms with Gasteiger partial charge in [-0.3, -0.25) is 4.79 Å². The van der Waals surface area contributed by atoms with Gasteiger partial charge in [0.2, 0.25) is 11.8 Å². The molecular weight excluding hydrogens is 266 g/mol. The number of nitrogens with zero attached hydrogens (tertiary/aromatic N) is 2. The van der Waals surface area contributed by atoms with E-state index in [9.17, 15) is 10.1 Å². The van der Waals surface area contributed by atoms with Crippen LogP contribution in [0.2, 0.25) is 0 Å². The maximum absolute atomic E-state index is 12.5. The third-order valence-electron chi connectivity index (χ3n) is 3.89. The molecule has 1 aromatic rings. The zero-order valence-electron chi connectivity index (χ0n) is 12.4. The van der Waals surface area contributed by atoms with E-state index in [1.165, 1.54) is 0 Å². The molecule has 1 aliphatic rings. The average molecular weight is 287 g/mol. The van der Waals surface area contributed by atoms with Crippen molar-refractivity contribution in [2.75, 3.05) is 11.9 Å². The summed E-state index contributed by atoms with van der Waals surface area (Å²) in [4.78, 5) is 16.6. The summed E-state index contributed by atoms with van der Waals surface area (Å²) in [6.07, 6.45) is 6.90. The summed E-state index contributed by atoms with van der Waals surface area (Å²) >= 11 is 0. The lowest BCUT2D eigenvalue weighted by atomic mass is 9.81. The Balaban J connectivity index is 2.06. The number of anilines is 1. The minimum atomic E-state index is -0.894. The van der Waals surface area contributed by atoms with E-state index in [4.69, 9.17) is 4.74 Å². The highest BCUT2D eigenvalue weighted by Gasteiger charge is 2.38. The van der Waals surface area contributed by atoms with E-state index < -0.39 is 5.41 Å². The van der Waals surface area contributed by atoms with Crippen molar-refractivity contribution in [2.24, 2.45) is 5.41 Å². The number of carbonyl (C=O) groups excluding carboxylic acids is 1. The van der Waals surface area contributed by atoms with Crippen LogP contribution in [-0.2, 0) is 4.79 Å². The Hall–Kier alpha value is -2.09. The third kappa shape index (κ3) is 3.72. The number of aromatic nitrogens is 1. The Kier molecular flexibility index (Phi) is 5.15. The number of nitriles is 1. The molecule has 0 unspecified atom stereocenters. The second-order valence-corrected chi connectivity index (χ2v) is 5.38. The summed E-state index contributed by atoms with van der Waals surface area (Å²) in [5.74, 6) is 0.317. The van der Waals surface area contributed by atoms with Crippen LogP contribution in [0.25, 0.3) is 0 Å². The molecule has 21 heavy (non-hydrogen) atoms. The zero-order valence-corrected chi connectivity index (χ0v) is 12.4. The molecule has 0 atom stereocenters. The smallest absolute Gasteiger partial charge is 0.244 e. The van der Waals surface area contributed by atoms with Crippen LogP contribution in [0.3, 0.4) is 0 Å². The molecule has 1 aliphatic carbocycles. The molecule has 1 saturated carbocycles. The highest BCUT2D eigenvalue weighted by atomic mass is 16.5.